The first-order chi connectivity index (χ1) is 13.5. The largest absolute Gasteiger partial charge is 0.497 e. The quantitative estimate of drug-likeness (QED) is 0.542. The zero-order valence-electron chi connectivity index (χ0n) is 15.5. The maximum Gasteiger partial charge on any atom is 0.246 e. The highest BCUT2D eigenvalue weighted by molar-refractivity contribution is 6.30. The van der Waals surface area contributed by atoms with Crippen LogP contribution in [0, 0.1) is 11.7 Å². The molecule has 28 heavy (non-hydrogen) atoms. The molecule has 0 N–H and O–H groups in total. The van der Waals surface area contributed by atoms with Gasteiger partial charge in [-0.2, -0.15) is 0 Å². The van der Waals surface area contributed by atoms with Crippen LogP contribution in [0.15, 0.2) is 48.5 Å². The molecule has 6 heteroatoms. The molecule has 1 heterocycles. The molecule has 0 spiro atoms. The number of benzene rings is 2. The van der Waals surface area contributed by atoms with E-state index in [-0.39, 0.29) is 22.6 Å². The first kappa shape index (κ1) is 20.1. The van der Waals surface area contributed by atoms with Crippen LogP contribution in [0.2, 0.25) is 5.02 Å². The number of hydrogen-bond acceptors (Lipinski definition) is 3. The van der Waals surface area contributed by atoms with Gasteiger partial charge in [0.05, 0.1) is 12.1 Å². The van der Waals surface area contributed by atoms with Crippen molar-refractivity contribution in [2.75, 3.05) is 20.2 Å². The number of likely N-dealkylation sites (tertiary alicyclic amines) is 1. The van der Waals surface area contributed by atoms with Crippen LogP contribution < -0.4 is 4.74 Å². The minimum absolute atomic E-state index is 0.0208. The van der Waals surface area contributed by atoms with Gasteiger partial charge in [0, 0.05) is 30.6 Å². The van der Waals surface area contributed by atoms with E-state index in [1.165, 1.54) is 18.2 Å². The Morgan fingerprint density at radius 3 is 2.43 bits per heavy atom. The standard InChI is InChI=1S/C22H21ClFNO3/c1-28-18-6-4-16(5-7-18)22(27)17-10-12-25(13-11-17)21(26)9-3-15-2-8-20(24)19(23)14-15/h2-9,14,17H,10-13H2,1H3. The first-order valence-corrected chi connectivity index (χ1v) is 9.46. The van der Waals surface area contributed by atoms with Crippen LogP contribution in [-0.4, -0.2) is 36.8 Å². The third-order valence-electron chi connectivity index (χ3n) is 4.91. The maximum atomic E-state index is 13.2. The SMILES string of the molecule is COc1ccc(C(=O)C2CCN(C(=O)C=Cc3ccc(F)c(Cl)c3)CC2)cc1. The van der Waals surface area contributed by atoms with E-state index in [2.05, 4.69) is 0 Å². The Kier molecular flexibility index (Phi) is 6.47. The molecule has 2 aromatic carbocycles. The summed E-state index contributed by atoms with van der Waals surface area (Å²) in [6.45, 7) is 1.06. The third-order valence-corrected chi connectivity index (χ3v) is 5.20. The summed E-state index contributed by atoms with van der Waals surface area (Å²) in [7, 11) is 1.59. The van der Waals surface area contributed by atoms with Crippen LogP contribution in [0.5, 0.6) is 5.75 Å². The van der Waals surface area contributed by atoms with E-state index in [4.69, 9.17) is 16.3 Å². The summed E-state index contributed by atoms with van der Waals surface area (Å²) in [5, 5.41) is 0.0208. The Morgan fingerprint density at radius 2 is 1.82 bits per heavy atom. The summed E-state index contributed by atoms with van der Waals surface area (Å²) >= 11 is 5.75. The molecule has 0 bridgehead atoms. The molecule has 1 fully saturated rings. The number of nitrogens with zero attached hydrogens (tertiary/aromatic N) is 1. The molecule has 0 atom stereocenters. The van der Waals surface area contributed by atoms with Gasteiger partial charge >= 0.3 is 0 Å². The third kappa shape index (κ3) is 4.78. The van der Waals surface area contributed by atoms with Crippen LogP contribution in [0.1, 0.15) is 28.8 Å². The number of ether oxygens (including phenoxy) is 1. The van der Waals surface area contributed by atoms with Gasteiger partial charge in [-0.3, -0.25) is 9.59 Å². The molecule has 1 amide bonds. The van der Waals surface area contributed by atoms with Crippen LogP contribution in [-0.2, 0) is 4.79 Å². The van der Waals surface area contributed by atoms with Gasteiger partial charge in [-0.15, -0.1) is 0 Å². The number of methoxy groups -OCH3 is 1. The Balaban J connectivity index is 1.55. The fraction of sp³-hybridized carbons (Fsp3) is 0.273. The normalized spacial score (nSPS) is 15.0. The van der Waals surface area contributed by atoms with Gasteiger partial charge in [-0.25, -0.2) is 4.39 Å². The molecule has 0 aromatic heterocycles. The Hall–Kier alpha value is -2.66. The lowest BCUT2D eigenvalue weighted by molar-refractivity contribution is -0.127. The minimum Gasteiger partial charge on any atom is -0.497 e. The molecule has 2 aromatic rings. The number of carbonyl (C=O) groups is 2. The number of halogens is 2. The van der Waals surface area contributed by atoms with E-state index in [1.807, 2.05) is 0 Å². The summed E-state index contributed by atoms with van der Waals surface area (Å²) in [5.41, 5.74) is 1.32. The van der Waals surface area contributed by atoms with Crippen molar-refractivity contribution >= 4 is 29.4 Å². The van der Waals surface area contributed by atoms with E-state index in [0.29, 0.717) is 42.8 Å². The van der Waals surface area contributed by atoms with Gasteiger partial charge in [0.1, 0.15) is 11.6 Å². The van der Waals surface area contributed by atoms with Crippen molar-refractivity contribution in [3.8, 4) is 5.75 Å². The molecule has 0 radical (unpaired) electrons. The molecule has 1 aliphatic heterocycles. The fourth-order valence-electron chi connectivity index (χ4n) is 3.24. The van der Waals surface area contributed by atoms with Gasteiger partial charge in [-0.05, 0) is 60.9 Å². The average molecular weight is 402 g/mol. The zero-order valence-corrected chi connectivity index (χ0v) is 16.3. The van der Waals surface area contributed by atoms with Crippen molar-refractivity contribution in [3.63, 3.8) is 0 Å². The molecular weight excluding hydrogens is 381 g/mol. The molecule has 1 aliphatic rings. The smallest absolute Gasteiger partial charge is 0.246 e. The Labute approximate surface area is 168 Å². The zero-order chi connectivity index (χ0) is 20.1. The predicted molar refractivity (Wildman–Crippen MR) is 107 cm³/mol. The van der Waals surface area contributed by atoms with Gasteiger partial charge in [0.2, 0.25) is 5.91 Å². The van der Waals surface area contributed by atoms with E-state index >= 15 is 0 Å². The molecule has 146 valence electrons. The molecule has 1 saturated heterocycles. The lowest BCUT2D eigenvalue weighted by Crippen LogP contribution is -2.39. The number of ketones is 1. The van der Waals surface area contributed by atoms with Crippen LogP contribution >= 0.6 is 11.6 Å². The molecule has 0 saturated carbocycles. The average Bonchev–Trinajstić information content (AvgIpc) is 2.74. The van der Waals surface area contributed by atoms with Gasteiger partial charge < -0.3 is 9.64 Å². The minimum atomic E-state index is -0.492. The summed E-state index contributed by atoms with van der Waals surface area (Å²) in [4.78, 5) is 26.7. The highest BCUT2D eigenvalue weighted by Crippen LogP contribution is 2.23. The lowest BCUT2D eigenvalue weighted by atomic mass is 9.89. The summed E-state index contributed by atoms with van der Waals surface area (Å²) in [6.07, 6.45) is 4.33. The molecule has 0 aliphatic carbocycles. The number of Topliss-reactive ketones (excluding diaryl/α,β-unsaturated/α-hetero) is 1. The van der Waals surface area contributed by atoms with Gasteiger partial charge in [-0.1, -0.05) is 17.7 Å². The van der Waals surface area contributed by atoms with Crippen LogP contribution in [0.4, 0.5) is 4.39 Å². The number of carbonyl (C=O) groups excluding carboxylic acids is 2. The number of rotatable bonds is 5. The van der Waals surface area contributed by atoms with Crippen LogP contribution in [0.25, 0.3) is 6.08 Å². The Morgan fingerprint density at radius 1 is 1.14 bits per heavy atom. The van der Waals surface area contributed by atoms with E-state index < -0.39 is 5.82 Å². The number of hydrogen-bond donors (Lipinski definition) is 0. The first-order valence-electron chi connectivity index (χ1n) is 9.08. The second kappa shape index (κ2) is 9.02. The van der Waals surface area contributed by atoms with Crippen molar-refractivity contribution in [1.29, 1.82) is 0 Å². The summed E-state index contributed by atoms with van der Waals surface area (Å²) in [6, 6.07) is 11.4. The highest BCUT2D eigenvalue weighted by Gasteiger charge is 2.27. The molecule has 4 nitrogen and oxygen atoms in total. The fourth-order valence-corrected chi connectivity index (χ4v) is 3.43. The number of piperidine rings is 1. The topological polar surface area (TPSA) is 46.6 Å². The lowest BCUT2D eigenvalue weighted by Gasteiger charge is -2.30. The van der Waals surface area contributed by atoms with E-state index in [9.17, 15) is 14.0 Å². The molecule has 3 rings (SSSR count). The van der Waals surface area contributed by atoms with E-state index in [0.717, 1.165) is 0 Å². The molecule has 0 unspecified atom stereocenters. The van der Waals surface area contributed by atoms with Crippen molar-refractivity contribution in [3.05, 3.63) is 70.5 Å². The summed E-state index contributed by atoms with van der Waals surface area (Å²) in [5.74, 6) is 0.110. The van der Waals surface area contributed by atoms with Crippen LogP contribution in [0.3, 0.4) is 0 Å². The van der Waals surface area contributed by atoms with Crippen molar-refractivity contribution < 1.29 is 18.7 Å². The monoisotopic (exact) mass is 401 g/mol. The van der Waals surface area contributed by atoms with Gasteiger partial charge in [0.25, 0.3) is 0 Å². The number of amides is 1. The van der Waals surface area contributed by atoms with E-state index in [1.54, 1.807) is 48.4 Å². The predicted octanol–water partition coefficient (Wildman–Crippen LogP) is 4.62. The molecular formula is C22H21ClFNO3. The highest BCUT2D eigenvalue weighted by atomic mass is 35.5. The second-order valence-corrected chi connectivity index (χ2v) is 7.11. The maximum absolute atomic E-state index is 13.2. The second-order valence-electron chi connectivity index (χ2n) is 6.70. The van der Waals surface area contributed by atoms with Gasteiger partial charge in [0.15, 0.2) is 5.78 Å². The summed E-state index contributed by atoms with van der Waals surface area (Å²) < 4.78 is 18.3. The van der Waals surface area contributed by atoms with Crippen molar-refractivity contribution in [2.24, 2.45) is 5.92 Å². The van der Waals surface area contributed by atoms with Crippen molar-refractivity contribution in [1.82, 2.24) is 4.90 Å². The van der Waals surface area contributed by atoms with Crippen molar-refractivity contribution in [2.45, 2.75) is 12.8 Å². The Bertz CT molecular complexity index is 887.